The van der Waals surface area contributed by atoms with Crippen molar-refractivity contribution in [2.75, 3.05) is 6.54 Å². The summed E-state index contributed by atoms with van der Waals surface area (Å²) < 4.78 is 0. The SMILES string of the molecule is CC(CN)C(=O)NC(c1ccccc1)C(C)(C)C.Cl. The highest BCUT2D eigenvalue weighted by molar-refractivity contribution is 5.85. The van der Waals surface area contributed by atoms with Crippen LogP contribution in [0.15, 0.2) is 30.3 Å². The van der Waals surface area contributed by atoms with Crippen LogP contribution in [0, 0.1) is 11.3 Å². The number of amides is 1. The molecule has 3 nitrogen and oxygen atoms in total. The number of halogens is 1. The molecule has 0 aliphatic rings. The van der Waals surface area contributed by atoms with E-state index in [1.807, 2.05) is 37.3 Å². The number of nitrogens with one attached hydrogen (secondary N) is 1. The number of benzene rings is 1. The van der Waals surface area contributed by atoms with Crippen molar-refractivity contribution in [1.29, 1.82) is 0 Å². The summed E-state index contributed by atoms with van der Waals surface area (Å²) in [7, 11) is 0. The number of rotatable bonds is 4. The van der Waals surface area contributed by atoms with Crippen LogP contribution in [-0.2, 0) is 4.79 Å². The smallest absolute Gasteiger partial charge is 0.224 e. The Balaban J connectivity index is 0.00000324. The van der Waals surface area contributed by atoms with E-state index < -0.39 is 0 Å². The van der Waals surface area contributed by atoms with Crippen molar-refractivity contribution in [3.63, 3.8) is 0 Å². The Morgan fingerprint density at radius 3 is 2.21 bits per heavy atom. The molecular formula is C15H25ClN2O. The predicted molar refractivity (Wildman–Crippen MR) is 82.2 cm³/mol. The second-order valence-corrected chi connectivity index (χ2v) is 5.86. The molecular weight excluding hydrogens is 260 g/mol. The van der Waals surface area contributed by atoms with Gasteiger partial charge in [0.25, 0.3) is 0 Å². The number of hydrogen-bond acceptors (Lipinski definition) is 2. The first-order chi connectivity index (χ1) is 8.36. The average molecular weight is 285 g/mol. The van der Waals surface area contributed by atoms with Crippen LogP contribution in [0.5, 0.6) is 0 Å². The van der Waals surface area contributed by atoms with E-state index in [1.54, 1.807) is 0 Å². The fraction of sp³-hybridized carbons (Fsp3) is 0.533. The summed E-state index contributed by atoms with van der Waals surface area (Å²) in [4.78, 5) is 12.0. The van der Waals surface area contributed by atoms with Gasteiger partial charge in [0.2, 0.25) is 5.91 Å². The summed E-state index contributed by atoms with van der Waals surface area (Å²) in [6.07, 6.45) is 0. The van der Waals surface area contributed by atoms with Crippen LogP contribution < -0.4 is 11.1 Å². The second kappa shape index (κ2) is 7.51. The zero-order valence-corrected chi connectivity index (χ0v) is 13.0. The van der Waals surface area contributed by atoms with Gasteiger partial charge in [-0.2, -0.15) is 0 Å². The van der Waals surface area contributed by atoms with Gasteiger partial charge >= 0.3 is 0 Å². The summed E-state index contributed by atoms with van der Waals surface area (Å²) in [5.41, 5.74) is 6.63. The van der Waals surface area contributed by atoms with Crippen molar-refractivity contribution in [2.45, 2.75) is 33.7 Å². The average Bonchev–Trinajstić information content (AvgIpc) is 2.34. The first kappa shape index (κ1) is 17.9. The van der Waals surface area contributed by atoms with Crippen molar-refractivity contribution < 1.29 is 4.79 Å². The summed E-state index contributed by atoms with van der Waals surface area (Å²) in [6, 6.07) is 10.1. The summed E-state index contributed by atoms with van der Waals surface area (Å²) in [6.45, 7) is 8.59. The topological polar surface area (TPSA) is 55.1 Å². The van der Waals surface area contributed by atoms with Gasteiger partial charge in [0.05, 0.1) is 6.04 Å². The van der Waals surface area contributed by atoms with Gasteiger partial charge in [-0.05, 0) is 11.0 Å². The lowest BCUT2D eigenvalue weighted by Crippen LogP contribution is -2.41. The van der Waals surface area contributed by atoms with Gasteiger partial charge in [-0.15, -0.1) is 12.4 Å². The fourth-order valence-corrected chi connectivity index (χ4v) is 1.84. The lowest BCUT2D eigenvalue weighted by atomic mass is 9.82. The Morgan fingerprint density at radius 2 is 1.79 bits per heavy atom. The standard InChI is InChI=1S/C15H24N2O.ClH/c1-11(10-16)14(18)17-13(15(2,3)4)12-8-6-5-7-9-12;/h5-9,11,13H,10,16H2,1-4H3,(H,17,18);1H. The zero-order valence-electron chi connectivity index (χ0n) is 12.1. The molecule has 0 heterocycles. The minimum Gasteiger partial charge on any atom is -0.348 e. The van der Waals surface area contributed by atoms with E-state index in [4.69, 9.17) is 5.73 Å². The molecule has 0 aliphatic carbocycles. The Labute approximate surface area is 122 Å². The molecule has 4 heteroatoms. The Hall–Kier alpha value is -1.06. The quantitative estimate of drug-likeness (QED) is 0.893. The van der Waals surface area contributed by atoms with Gasteiger partial charge in [0, 0.05) is 12.5 Å². The normalized spacial score (nSPS) is 14.2. The third-order valence-corrected chi connectivity index (χ3v) is 3.09. The minimum atomic E-state index is -0.154. The maximum atomic E-state index is 12.0. The molecule has 1 rings (SSSR count). The summed E-state index contributed by atoms with van der Waals surface area (Å²) in [5.74, 6) is -0.139. The highest BCUT2D eigenvalue weighted by Crippen LogP contribution is 2.32. The van der Waals surface area contributed by atoms with E-state index in [1.165, 1.54) is 0 Å². The molecule has 108 valence electrons. The molecule has 1 aromatic carbocycles. The molecule has 0 bridgehead atoms. The molecule has 3 N–H and O–H groups in total. The van der Waals surface area contributed by atoms with Crippen LogP contribution in [0.25, 0.3) is 0 Å². The molecule has 0 saturated carbocycles. The van der Waals surface area contributed by atoms with E-state index in [0.29, 0.717) is 6.54 Å². The minimum absolute atomic E-state index is 0. The molecule has 0 saturated heterocycles. The highest BCUT2D eigenvalue weighted by Gasteiger charge is 2.28. The van der Waals surface area contributed by atoms with Gasteiger partial charge in [-0.1, -0.05) is 58.0 Å². The Bertz CT molecular complexity index is 387. The molecule has 0 spiro atoms. The molecule has 0 fully saturated rings. The monoisotopic (exact) mass is 284 g/mol. The molecule has 2 unspecified atom stereocenters. The molecule has 0 radical (unpaired) electrons. The first-order valence-corrected chi connectivity index (χ1v) is 6.41. The molecule has 19 heavy (non-hydrogen) atoms. The van der Waals surface area contributed by atoms with Crippen LogP contribution in [-0.4, -0.2) is 12.5 Å². The molecule has 2 atom stereocenters. The lowest BCUT2D eigenvalue weighted by Gasteiger charge is -2.32. The summed E-state index contributed by atoms with van der Waals surface area (Å²) in [5, 5.41) is 3.10. The third kappa shape index (κ3) is 5.21. The van der Waals surface area contributed by atoms with Crippen molar-refractivity contribution >= 4 is 18.3 Å². The molecule has 0 aromatic heterocycles. The van der Waals surface area contributed by atoms with Crippen molar-refractivity contribution in [2.24, 2.45) is 17.1 Å². The predicted octanol–water partition coefficient (Wildman–Crippen LogP) is 2.91. The van der Waals surface area contributed by atoms with Crippen molar-refractivity contribution in [3.8, 4) is 0 Å². The maximum absolute atomic E-state index is 12.0. The van der Waals surface area contributed by atoms with Crippen LogP contribution in [0.4, 0.5) is 0 Å². The Kier molecular flexibility index (Phi) is 7.09. The van der Waals surface area contributed by atoms with Gasteiger partial charge in [0.1, 0.15) is 0 Å². The van der Waals surface area contributed by atoms with E-state index >= 15 is 0 Å². The van der Waals surface area contributed by atoms with Crippen molar-refractivity contribution in [1.82, 2.24) is 5.32 Å². The first-order valence-electron chi connectivity index (χ1n) is 6.41. The third-order valence-electron chi connectivity index (χ3n) is 3.09. The molecule has 0 aliphatic heterocycles. The number of carbonyl (C=O) groups excluding carboxylic acids is 1. The van der Waals surface area contributed by atoms with Gasteiger partial charge in [-0.3, -0.25) is 4.79 Å². The second-order valence-electron chi connectivity index (χ2n) is 5.86. The van der Waals surface area contributed by atoms with Crippen LogP contribution in [0.3, 0.4) is 0 Å². The Morgan fingerprint density at radius 1 is 1.26 bits per heavy atom. The van der Waals surface area contributed by atoms with Crippen LogP contribution in [0.2, 0.25) is 0 Å². The number of nitrogens with two attached hydrogens (primary N) is 1. The highest BCUT2D eigenvalue weighted by atomic mass is 35.5. The van der Waals surface area contributed by atoms with Crippen LogP contribution in [0.1, 0.15) is 39.3 Å². The summed E-state index contributed by atoms with van der Waals surface area (Å²) >= 11 is 0. The van der Waals surface area contributed by atoms with Gasteiger partial charge < -0.3 is 11.1 Å². The largest absolute Gasteiger partial charge is 0.348 e. The maximum Gasteiger partial charge on any atom is 0.224 e. The van der Waals surface area contributed by atoms with E-state index in [-0.39, 0.29) is 35.7 Å². The molecule has 1 amide bonds. The van der Waals surface area contributed by atoms with E-state index in [0.717, 1.165) is 5.56 Å². The number of hydrogen-bond donors (Lipinski definition) is 2. The number of carbonyl (C=O) groups is 1. The van der Waals surface area contributed by atoms with E-state index in [9.17, 15) is 4.79 Å². The molecule has 1 aromatic rings. The van der Waals surface area contributed by atoms with E-state index in [2.05, 4.69) is 26.1 Å². The van der Waals surface area contributed by atoms with Gasteiger partial charge in [0.15, 0.2) is 0 Å². The van der Waals surface area contributed by atoms with Gasteiger partial charge in [-0.25, -0.2) is 0 Å². The fourth-order valence-electron chi connectivity index (χ4n) is 1.84. The zero-order chi connectivity index (χ0) is 13.8. The van der Waals surface area contributed by atoms with Crippen LogP contribution >= 0.6 is 12.4 Å². The lowest BCUT2D eigenvalue weighted by molar-refractivity contribution is -0.125. The van der Waals surface area contributed by atoms with Crippen molar-refractivity contribution in [3.05, 3.63) is 35.9 Å².